The molecule has 2 atom stereocenters. The van der Waals surface area contributed by atoms with Gasteiger partial charge in [-0.1, -0.05) is 0 Å². The van der Waals surface area contributed by atoms with E-state index in [9.17, 15) is 0 Å². The van der Waals surface area contributed by atoms with Crippen LogP contribution in [0.5, 0.6) is 0 Å². The lowest BCUT2D eigenvalue weighted by Gasteiger charge is -2.54. The second-order valence-corrected chi connectivity index (χ2v) is 5.11. The average molecular weight is 168 g/mol. The van der Waals surface area contributed by atoms with E-state index < -0.39 is 0 Å². The molecule has 3 rings (SSSR count). The molecule has 3 heterocycles. The summed E-state index contributed by atoms with van der Waals surface area (Å²) in [5, 5.41) is 3.50. The van der Waals surface area contributed by atoms with Gasteiger partial charge in [0.15, 0.2) is 0 Å². The van der Waals surface area contributed by atoms with Gasteiger partial charge in [0, 0.05) is 24.2 Å². The lowest BCUT2D eigenvalue weighted by atomic mass is 9.85. The Hall–Kier alpha value is -0.0800. The zero-order valence-electron chi connectivity index (χ0n) is 8.43. The number of nitrogens with zero attached hydrogens (tertiary/aromatic N) is 1. The van der Waals surface area contributed by atoms with Crippen LogP contribution < -0.4 is 5.32 Å². The fourth-order valence-electron chi connectivity index (χ4n) is 2.77. The molecule has 0 spiro atoms. The first-order chi connectivity index (χ1) is 5.59. The molecule has 12 heavy (non-hydrogen) atoms. The highest BCUT2D eigenvalue weighted by atomic mass is 15.3. The van der Waals surface area contributed by atoms with Crippen molar-refractivity contribution in [3.05, 3.63) is 0 Å². The smallest absolute Gasteiger partial charge is 0.0243 e. The molecule has 2 bridgehead atoms. The van der Waals surface area contributed by atoms with Crippen molar-refractivity contribution >= 4 is 0 Å². The lowest BCUT2D eigenvalue weighted by Crippen LogP contribution is -2.64. The van der Waals surface area contributed by atoms with E-state index >= 15 is 0 Å². The maximum atomic E-state index is 3.50. The van der Waals surface area contributed by atoms with E-state index in [0.29, 0.717) is 5.54 Å². The van der Waals surface area contributed by atoms with Crippen LogP contribution in [-0.4, -0.2) is 35.6 Å². The predicted octanol–water partition coefficient (Wildman–Crippen LogP) is 1.22. The summed E-state index contributed by atoms with van der Waals surface area (Å²) in [6.07, 6.45) is 2.76. The summed E-state index contributed by atoms with van der Waals surface area (Å²) in [7, 11) is 0. The Balaban J connectivity index is 2.08. The van der Waals surface area contributed by atoms with Crippen molar-refractivity contribution in [2.45, 2.75) is 51.2 Å². The van der Waals surface area contributed by atoms with Gasteiger partial charge in [-0.2, -0.15) is 0 Å². The van der Waals surface area contributed by atoms with E-state index in [1.165, 1.54) is 25.9 Å². The summed E-state index contributed by atoms with van der Waals surface area (Å²) < 4.78 is 0. The highest BCUT2D eigenvalue weighted by Gasteiger charge is 2.44. The summed E-state index contributed by atoms with van der Waals surface area (Å²) in [6, 6.07) is 1.68. The highest BCUT2D eigenvalue weighted by molar-refractivity contribution is 5.01. The minimum Gasteiger partial charge on any atom is -0.315 e. The van der Waals surface area contributed by atoms with Crippen LogP contribution in [-0.2, 0) is 0 Å². The monoisotopic (exact) mass is 168 g/mol. The SMILES string of the molecule is CC(C)(C)N1[C@@H]2CNCC[C@H]1C2. The van der Waals surface area contributed by atoms with Crippen molar-refractivity contribution in [2.24, 2.45) is 0 Å². The molecule has 3 aliphatic rings. The largest absolute Gasteiger partial charge is 0.315 e. The first-order valence-electron chi connectivity index (χ1n) is 5.08. The maximum absolute atomic E-state index is 3.50. The maximum Gasteiger partial charge on any atom is 0.0243 e. The van der Waals surface area contributed by atoms with Crippen LogP contribution in [0.4, 0.5) is 0 Å². The Morgan fingerprint density at radius 1 is 1.25 bits per heavy atom. The second kappa shape index (κ2) is 2.71. The Labute approximate surface area is 75.3 Å². The number of nitrogens with one attached hydrogen (secondary N) is 1. The zero-order valence-corrected chi connectivity index (χ0v) is 8.43. The molecule has 1 N–H and O–H groups in total. The molecule has 0 radical (unpaired) electrons. The minimum absolute atomic E-state index is 0.375. The lowest BCUT2D eigenvalue weighted by molar-refractivity contribution is -0.0487. The van der Waals surface area contributed by atoms with Crippen molar-refractivity contribution in [1.82, 2.24) is 10.2 Å². The Kier molecular flexibility index (Phi) is 1.92. The Morgan fingerprint density at radius 2 is 2.00 bits per heavy atom. The van der Waals surface area contributed by atoms with Gasteiger partial charge in [-0.25, -0.2) is 0 Å². The molecule has 0 amide bonds. The predicted molar refractivity (Wildman–Crippen MR) is 51.3 cm³/mol. The summed E-state index contributed by atoms with van der Waals surface area (Å²) in [5.74, 6) is 0. The summed E-state index contributed by atoms with van der Waals surface area (Å²) in [5.41, 5.74) is 0.375. The van der Waals surface area contributed by atoms with E-state index in [0.717, 1.165) is 12.1 Å². The van der Waals surface area contributed by atoms with Crippen molar-refractivity contribution in [3.8, 4) is 0 Å². The molecular weight excluding hydrogens is 148 g/mol. The normalized spacial score (nSPS) is 37.2. The van der Waals surface area contributed by atoms with Crippen LogP contribution in [0.2, 0.25) is 0 Å². The topological polar surface area (TPSA) is 15.3 Å². The van der Waals surface area contributed by atoms with Gasteiger partial charge in [0.2, 0.25) is 0 Å². The fourth-order valence-corrected chi connectivity index (χ4v) is 2.77. The molecule has 0 aliphatic carbocycles. The third kappa shape index (κ3) is 1.27. The molecule has 0 unspecified atom stereocenters. The van der Waals surface area contributed by atoms with Gasteiger partial charge < -0.3 is 5.32 Å². The second-order valence-electron chi connectivity index (χ2n) is 5.11. The van der Waals surface area contributed by atoms with Gasteiger partial charge in [0.05, 0.1) is 0 Å². The van der Waals surface area contributed by atoms with Gasteiger partial charge in [0.25, 0.3) is 0 Å². The molecule has 3 saturated heterocycles. The average Bonchev–Trinajstić information content (AvgIpc) is 2.11. The molecule has 0 saturated carbocycles. The van der Waals surface area contributed by atoms with Crippen molar-refractivity contribution in [2.75, 3.05) is 13.1 Å². The third-order valence-electron chi connectivity index (χ3n) is 3.14. The van der Waals surface area contributed by atoms with Crippen LogP contribution in [0.25, 0.3) is 0 Å². The van der Waals surface area contributed by atoms with Crippen molar-refractivity contribution in [3.63, 3.8) is 0 Å². The van der Waals surface area contributed by atoms with Gasteiger partial charge in [-0.15, -0.1) is 0 Å². The minimum atomic E-state index is 0.375. The van der Waals surface area contributed by atoms with Crippen molar-refractivity contribution < 1.29 is 0 Å². The summed E-state index contributed by atoms with van der Waals surface area (Å²) in [4.78, 5) is 2.69. The Bertz CT molecular complexity index is 155. The number of hydrogen-bond donors (Lipinski definition) is 1. The van der Waals surface area contributed by atoms with Crippen molar-refractivity contribution in [1.29, 1.82) is 0 Å². The number of hydrogen-bond acceptors (Lipinski definition) is 2. The van der Waals surface area contributed by atoms with E-state index in [1.54, 1.807) is 0 Å². The molecule has 0 aromatic carbocycles. The van der Waals surface area contributed by atoms with Crippen LogP contribution in [0.1, 0.15) is 33.6 Å². The molecule has 3 aliphatic heterocycles. The van der Waals surface area contributed by atoms with E-state index in [4.69, 9.17) is 0 Å². The van der Waals surface area contributed by atoms with Gasteiger partial charge >= 0.3 is 0 Å². The van der Waals surface area contributed by atoms with Crippen LogP contribution in [0, 0.1) is 0 Å². The fraction of sp³-hybridized carbons (Fsp3) is 1.00. The van der Waals surface area contributed by atoms with Crippen LogP contribution >= 0.6 is 0 Å². The number of fused-ring (bicyclic) bond motifs is 3. The standard InChI is InChI=1S/C10H20N2/c1-10(2,3)12-8-4-5-11-7-9(12)6-8/h8-9,11H,4-7H2,1-3H3/t8-,9-/m0/s1. The Morgan fingerprint density at radius 3 is 2.67 bits per heavy atom. The van der Waals surface area contributed by atoms with E-state index in [1.807, 2.05) is 0 Å². The quantitative estimate of drug-likeness (QED) is 0.585. The molecule has 2 nitrogen and oxygen atoms in total. The molecule has 2 heteroatoms. The highest BCUT2D eigenvalue weighted by Crippen LogP contribution is 2.36. The van der Waals surface area contributed by atoms with E-state index in [-0.39, 0.29) is 0 Å². The third-order valence-corrected chi connectivity index (χ3v) is 3.14. The van der Waals surface area contributed by atoms with Gasteiger partial charge in [-0.3, -0.25) is 4.90 Å². The van der Waals surface area contributed by atoms with Gasteiger partial charge in [-0.05, 0) is 40.2 Å². The molecule has 3 fully saturated rings. The molecular formula is C10H20N2. The molecule has 0 aromatic heterocycles. The summed E-state index contributed by atoms with van der Waals surface area (Å²) in [6.45, 7) is 9.41. The molecule has 0 aromatic rings. The molecule has 70 valence electrons. The number of rotatable bonds is 0. The first kappa shape index (κ1) is 8.52. The zero-order chi connectivity index (χ0) is 8.77. The summed E-state index contributed by atoms with van der Waals surface area (Å²) >= 11 is 0. The van der Waals surface area contributed by atoms with Crippen LogP contribution in [0.15, 0.2) is 0 Å². The van der Waals surface area contributed by atoms with Crippen LogP contribution in [0.3, 0.4) is 0 Å². The first-order valence-corrected chi connectivity index (χ1v) is 5.08. The van der Waals surface area contributed by atoms with Gasteiger partial charge in [0.1, 0.15) is 0 Å². The van der Waals surface area contributed by atoms with E-state index in [2.05, 4.69) is 31.0 Å².